The molecule has 0 fully saturated rings. The molecule has 2 rings (SSSR count). The fraction of sp³-hybridized carbons (Fsp3) is 0.273. The van der Waals surface area contributed by atoms with Gasteiger partial charge in [-0.3, -0.25) is 15.0 Å². The standard InChI is InChI=1S/C11H13N3O2/c1-5-3-4-6(2)9-7(5)8(10(15)13-9)11(16)14-12/h3-4,8H,12H2,1-2H3,(H,13,15)(H,14,16). The number of hydrogen-bond acceptors (Lipinski definition) is 3. The van der Waals surface area contributed by atoms with Crippen molar-refractivity contribution in [3.05, 3.63) is 28.8 Å². The molecule has 0 saturated carbocycles. The van der Waals surface area contributed by atoms with Crippen LogP contribution in [0.3, 0.4) is 0 Å². The highest BCUT2D eigenvalue weighted by atomic mass is 16.2. The molecular weight excluding hydrogens is 206 g/mol. The number of hydrazine groups is 1. The molecule has 0 saturated heterocycles. The number of nitrogens with one attached hydrogen (secondary N) is 2. The van der Waals surface area contributed by atoms with E-state index in [4.69, 9.17) is 5.84 Å². The Kier molecular flexibility index (Phi) is 2.40. The number of fused-ring (bicyclic) bond motifs is 1. The third-order valence-corrected chi connectivity index (χ3v) is 2.88. The molecule has 0 aliphatic carbocycles. The van der Waals surface area contributed by atoms with Crippen molar-refractivity contribution < 1.29 is 9.59 Å². The summed E-state index contributed by atoms with van der Waals surface area (Å²) in [6, 6.07) is 3.81. The second kappa shape index (κ2) is 3.61. The molecule has 16 heavy (non-hydrogen) atoms. The van der Waals surface area contributed by atoms with Crippen LogP contribution >= 0.6 is 0 Å². The summed E-state index contributed by atoms with van der Waals surface area (Å²) in [7, 11) is 0. The van der Waals surface area contributed by atoms with Gasteiger partial charge < -0.3 is 5.32 Å². The van der Waals surface area contributed by atoms with Crippen LogP contribution in [0.15, 0.2) is 12.1 Å². The van der Waals surface area contributed by atoms with Crippen LogP contribution in [-0.4, -0.2) is 11.8 Å². The molecule has 1 unspecified atom stereocenters. The van der Waals surface area contributed by atoms with Crippen molar-refractivity contribution in [3.8, 4) is 0 Å². The second-order valence-corrected chi connectivity index (χ2v) is 3.92. The maximum Gasteiger partial charge on any atom is 0.251 e. The van der Waals surface area contributed by atoms with Crippen LogP contribution in [0.25, 0.3) is 0 Å². The van der Waals surface area contributed by atoms with E-state index in [0.29, 0.717) is 0 Å². The van der Waals surface area contributed by atoms with E-state index in [9.17, 15) is 9.59 Å². The van der Waals surface area contributed by atoms with Crippen molar-refractivity contribution in [3.63, 3.8) is 0 Å². The first-order valence-corrected chi connectivity index (χ1v) is 4.97. The van der Waals surface area contributed by atoms with E-state index in [1.807, 2.05) is 31.4 Å². The van der Waals surface area contributed by atoms with Crippen molar-refractivity contribution in [1.29, 1.82) is 0 Å². The fourth-order valence-corrected chi connectivity index (χ4v) is 2.03. The lowest BCUT2D eigenvalue weighted by Gasteiger charge is -2.10. The van der Waals surface area contributed by atoms with Crippen LogP contribution < -0.4 is 16.6 Å². The number of rotatable bonds is 1. The van der Waals surface area contributed by atoms with Gasteiger partial charge in [0.1, 0.15) is 5.92 Å². The number of carbonyl (C=O) groups is 2. The normalized spacial score (nSPS) is 17.9. The molecule has 0 radical (unpaired) electrons. The van der Waals surface area contributed by atoms with Gasteiger partial charge in [-0.25, -0.2) is 5.84 Å². The molecule has 1 atom stereocenters. The Hall–Kier alpha value is -1.88. The molecule has 0 aromatic heterocycles. The minimum absolute atomic E-state index is 0.324. The number of carbonyl (C=O) groups excluding carboxylic acids is 2. The van der Waals surface area contributed by atoms with Gasteiger partial charge in [-0.1, -0.05) is 12.1 Å². The number of benzene rings is 1. The summed E-state index contributed by atoms with van der Waals surface area (Å²) in [6.07, 6.45) is 0. The Balaban J connectivity index is 2.60. The third kappa shape index (κ3) is 1.37. The van der Waals surface area contributed by atoms with E-state index in [1.165, 1.54) is 0 Å². The number of hydrogen-bond donors (Lipinski definition) is 3. The predicted molar refractivity (Wildman–Crippen MR) is 59.6 cm³/mol. The monoisotopic (exact) mass is 219 g/mol. The molecule has 1 heterocycles. The highest BCUT2D eigenvalue weighted by Gasteiger charge is 2.37. The number of anilines is 1. The smallest absolute Gasteiger partial charge is 0.251 e. The molecule has 2 amide bonds. The van der Waals surface area contributed by atoms with Gasteiger partial charge >= 0.3 is 0 Å². The minimum Gasteiger partial charge on any atom is -0.325 e. The molecule has 0 bridgehead atoms. The van der Waals surface area contributed by atoms with Crippen molar-refractivity contribution in [2.45, 2.75) is 19.8 Å². The van der Waals surface area contributed by atoms with E-state index >= 15 is 0 Å². The highest BCUT2D eigenvalue weighted by Crippen LogP contribution is 2.37. The molecule has 1 aliphatic rings. The number of amides is 2. The summed E-state index contributed by atoms with van der Waals surface area (Å²) in [6.45, 7) is 3.76. The lowest BCUT2D eigenvalue weighted by Crippen LogP contribution is -2.37. The Labute approximate surface area is 93.0 Å². The zero-order valence-corrected chi connectivity index (χ0v) is 9.13. The summed E-state index contributed by atoms with van der Waals surface area (Å²) in [5.41, 5.74) is 5.34. The predicted octanol–water partition coefficient (Wildman–Crippen LogP) is 0.329. The summed E-state index contributed by atoms with van der Waals surface area (Å²) in [5, 5.41) is 2.72. The van der Waals surface area contributed by atoms with E-state index in [0.717, 1.165) is 22.4 Å². The third-order valence-electron chi connectivity index (χ3n) is 2.88. The zero-order chi connectivity index (χ0) is 11.9. The number of aryl methyl sites for hydroxylation is 2. The SMILES string of the molecule is Cc1ccc(C)c2c1NC(=O)C2C(=O)NN. The van der Waals surface area contributed by atoms with Crippen LogP contribution in [-0.2, 0) is 9.59 Å². The lowest BCUT2D eigenvalue weighted by molar-refractivity contribution is -0.128. The Morgan fingerprint density at radius 2 is 2.00 bits per heavy atom. The highest BCUT2D eigenvalue weighted by molar-refractivity contribution is 6.16. The summed E-state index contributed by atoms with van der Waals surface area (Å²) in [4.78, 5) is 23.3. The summed E-state index contributed by atoms with van der Waals surface area (Å²) < 4.78 is 0. The molecule has 84 valence electrons. The Bertz CT molecular complexity index is 482. The molecule has 5 nitrogen and oxygen atoms in total. The molecular formula is C11H13N3O2. The average Bonchev–Trinajstić information content (AvgIpc) is 2.61. The van der Waals surface area contributed by atoms with Gasteiger partial charge in [0.2, 0.25) is 5.91 Å². The average molecular weight is 219 g/mol. The first kappa shape index (κ1) is 10.6. The van der Waals surface area contributed by atoms with E-state index in [1.54, 1.807) is 0 Å². The van der Waals surface area contributed by atoms with Crippen LogP contribution in [0.5, 0.6) is 0 Å². The Morgan fingerprint density at radius 1 is 1.38 bits per heavy atom. The molecule has 1 aromatic rings. The molecule has 5 heteroatoms. The van der Waals surface area contributed by atoms with E-state index in [2.05, 4.69) is 5.32 Å². The maximum atomic E-state index is 11.7. The maximum absolute atomic E-state index is 11.7. The van der Waals surface area contributed by atoms with Crippen molar-refractivity contribution in [1.82, 2.24) is 5.43 Å². The topological polar surface area (TPSA) is 84.2 Å². The first-order chi connectivity index (χ1) is 7.56. The number of nitrogens with two attached hydrogens (primary N) is 1. The quantitative estimate of drug-likeness (QED) is 0.275. The van der Waals surface area contributed by atoms with Gasteiger partial charge in [0.15, 0.2) is 0 Å². The molecule has 4 N–H and O–H groups in total. The van der Waals surface area contributed by atoms with Gasteiger partial charge in [-0.2, -0.15) is 0 Å². The molecule has 1 aromatic carbocycles. The van der Waals surface area contributed by atoms with Crippen LogP contribution in [0.4, 0.5) is 5.69 Å². The minimum atomic E-state index is -0.833. The first-order valence-electron chi connectivity index (χ1n) is 4.97. The molecule has 0 spiro atoms. The van der Waals surface area contributed by atoms with Crippen LogP contribution in [0.1, 0.15) is 22.6 Å². The van der Waals surface area contributed by atoms with E-state index in [-0.39, 0.29) is 5.91 Å². The van der Waals surface area contributed by atoms with Crippen molar-refractivity contribution >= 4 is 17.5 Å². The van der Waals surface area contributed by atoms with Gasteiger partial charge in [0, 0.05) is 11.3 Å². The second-order valence-electron chi connectivity index (χ2n) is 3.92. The van der Waals surface area contributed by atoms with Crippen molar-refractivity contribution in [2.75, 3.05) is 5.32 Å². The van der Waals surface area contributed by atoms with Gasteiger partial charge in [-0.15, -0.1) is 0 Å². The van der Waals surface area contributed by atoms with Crippen molar-refractivity contribution in [2.24, 2.45) is 5.84 Å². The largest absolute Gasteiger partial charge is 0.325 e. The van der Waals surface area contributed by atoms with Gasteiger partial charge in [0.25, 0.3) is 5.91 Å². The lowest BCUT2D eigenvalue weighted by atomic mass is 9.94. The molecule has 1 aliphatic heterocycles. The summed E-state index contributed by atoms with van der Waals surface area (Å²) in [5.74, 6) is 3.44. The zero-order valence-electron chi connectivity index (χ0n) is 9.13. The van der Waals surface area contributed by atoms with Crippen LogP contribution in [0, 0.1) is 13.8 Å². The van der Waals surface area contributed by atoms with Gasteiger partial charge in [0.05, 0.1) is 0 Å². The fourth-order valence-electron chi connectivity index (χ4n) is 2.03. The summed E-state index contributed by atoms with van der Waals surface area (Å²) >= 11 is 0. The van der Waals surface area contributed by atoms with Gasteiger partial charge in [-0.05, 0) is 25.0 Å². The Morgan fingerprint density at radius 3 is 2.62 bits per heavy atom. The van der Waals surface area contributed by atoms with E-state index < -0.39 is 11.8 Å². The van der Waals surface area contributed by atoms with Crippen LogP contribution in [0.2, 0.25) is 0 Å².